The normalized spacial score (nSPS) is 10.9. The molecule has 3 aromatic carbocycles. The fraction of sp³-hybridized carbons (Fsp3) is 0.133. The highest BCUT2D eigenvalue weighted by Crippen LogP contribution is 2.32. The standard InChI is InChI=1S/C30H25ClN4O3/c1-17-12-18(2)28-23(13-17)24(14-26(35-28)22-6-4-5-7-25(22)31)30(37)34-21-10-8-20(9-11-21)29(36)33-16-27-32-15-19(3)38-27/h4-15H,16H2,1-3H3,(H,33,36)(H,34,37). The molecule has 7 nitrogen and oxygen atoms in total. The van der Waals surface area contributed by atoms with E-state index in [1.54, 1.807) is 49.5 Å². The number of aromatic nitrogens is 2. The topological polar surface area (TPSA) is 97.1 Å². The van der Waals surface area contributed by atoms with Crippen LogP contribution in [0.4, 0.5) is 5.69 Å². The molecule has 2 heterocycles. The summed E-state index contributed by atoms with van der Waals surface area (Å²) in [5, 5.41) is 7.04. The van der Waals surface area contributed by atoms with Gasteiger partial charge in [-0.3, -0.25) is 9.59 Å². The maximum atomic E-state index is 13.5. The lowest BCUT2D eigenvalue weighted by Crippen LogP contribution is -2.23. The minimum atomic E-state index is -0.285. The third-order valence-corrected chi connectivity index (χ3v) is 6.45. The maximum absolute atomic E-state index is 13.5. The number of anilines is 1. The number of hydrogen-bond donors (Lipinski definition) is 2. The van der Waals surface area contributed by atoms with Crippen LogP contribution in [0.15, 0.2) is 77.3 Å². The molecule has 190 valence electrons. The van der Waals surface area contributed by atoms with Crippen LogP contribution in [0.25, 0.3) is 22.2 Å². The Kier molecular flexibility index (Phi) is 6.94. The van der Waals surface area contributed by atoms with Crippen molar-refractivity contribution >= 4 is 40.0 Å². The number of hydrogen-bond acceptors (Lipinski definition) is 5. The van der Waals surface area contributed by atoms with Gasteiger partial charge in [0.05, 0.1) is 29.5 Å². The summed E-state index contributed by atoms with van der Waals surface area (Å²) < 4.78 is 5.38. The Labute approximate surface area is 224 Å². The molecular formula is C30H25ClN4O3. The Hall–Kier alpha value is -4.49. The van der Waals surface area contributed by atoms with Crippen LogP contribution < -0.4 is 10.6 Å². The van der Waals surface area contributed by atoms with Crippen molar-refractivity contribution in [3.63, 3.8) is 0 Å². The zero-order valence-electron chi connectivity index (χ0n) is 21.1. The summed E-state index contributed by atoms with van der Waals surface area (Å²) in [6, 6.07) is 19.9. The van der Waals surface area contributed by atoms with Gasteiger partial charge in [-0.2, -0.15) is 0 Å². The molecule has 0 spiro atoms. The van der Waals surface area contributed by atoms with Gasteiger partial charge < -0.3 is 15.1 Å². The largest absolute Gasteiger partial charge is 0.444 e. The van der Waals surface area contributed by atoms with Crippen LogP contribution in [0, 0.1) is 20.8 Å². The quantitative estimate of drug-likeness (QED) is 0.259. The predicted octanol–water partition coefficient (Wildman–Crippen LogP) is 6.65. The van der Waals surface area contributed by atoms with E-state index < -0.39 is 0 Å². The van der Waals surface area contributed by atoms with E-state index in [0.717, 1.165) is 27.6 Å². The molecular weight excluding hydrogens is 500 g/mol. The molecule has 2 amide bonds. The number of halogens is 1. The van der Waals surface area contributed by atoms with Gasteiger partial charge in [0.25, 0.3) is 11.8 Å². The fourth-order valence-corrected chi connectivity index (χ4v) is 4.55. The molecule has 0 aliphatic heterocycles. The van der Waals surface area contributed by atoms with Crippen molar-refractivity contribution in [3.8, 4) is 11.3 Å². The lowest BCUT2D eigenvalue weighted by atomic mass is 9.99. The smallest absolute Gasteiger partial charge is 0.256 e. The Morgan fingerprint density at radius 3 is 2.42 bits per heavy atom. The molecule has 2 N–H and O–H groups in total. The minimum absolute atomic E-state index is 0.187. The Balaban J connectivity index is 1.41. The van der Waals surface area contributed by atoms with E-state index in [0.29, 0.717) is 39.2 Å². The Morgan fingerprint density at radius 1 is 0.947 bits per heavy atom. The van der Waals surface area contributed by atoms with Crippen molar-refractivity contribution in [2.75, 3.05) is 5.32 Å². The van der Waals surface area contributed by atoms with Crippen molar-refractivity contribution in [1.82, 2.24) is 15.3 Å². The number of carbonyl (C=O) groups is 2. The first-order valence-corrected chi connectivity index (χ1v) is 12.4. The van der Waals surface area contributed by atoms with E-state index in [2.05, 4.69) is 15.6 Å². The zero-order chi connectivity index (χ0) is 26.8. The molecule has 8 heteroatoms. The van der Waals surface area contributed by atoms with Crippen LogP contribution in [-0.4, -0.2) is 21.8 Å². The first kappa shape index (κ1) is 25.2. The Morgan fingerprint density at radius 2 is 1.71 bits per heavy atom. The lowest BCUT2D eigenvalue weighted by Gasteiger charge is -2.14. The maximum Gasteiger partial charge on any atom is 0.256 e. The van der Waals surface area contributed by atoms with E-state index in [4.69, 9.17) is 21.0 Å². The average Bonchev–Trinajstić information content (AvgIpc) is 3.32. The molecule has 0 saturated carbocycles. The first-order chi connectivity index (χ1) is 18.3. The fourth-order valence-electron chi connectivity index (χ4n) is 4.32. The number of carbonyl (C=O) groups excluding carboxylic acids is 2. The van der Waals surface area contributed by atoms with Crippen LogP contribution in [-0.2, 0) is 6.54 Å². The number of nitrogens with one attached hydrogen (secondary N) is 2. The SMILES string of the molecule is Cc1cc(C)c2nc(-c3ccccc3Cl)cc(C(=O)Nc3ccc(C(=O)NCc4ncc(C)o4)cc3)c2c1. The zero-order valence-corrected chi connectivity index (χ0v) is 21.9. The van der Waals surface area contributed by atoms with E-state index in [-0.39, 0.29) is 18.4 Å². The van der Waals surface area contributed by atoms with Gasteiger partial charge in [-0.15, -0.1) is 0 Å². The average molecular weight is 525 g/mol. The molecule has 5 rings (SSSR count). The molecule has 38 heavy (non-hydrogen) atoms. The lowest BCUT2D eigenvalue weighted by molar-refractivity contribution is 0.0946. The van der Waals surface area contributed by atoms with Crippen molar-refractivity contribution in [2.24, 2.45) is 0 Å². The second kappa shape index (κ2) is 10.5. The Bertz CT molecular complexity index is 1680. The van der Waals surface area contributed by atoms with E-state index in [1.165, 1.54) is 0 Å². The van der Waals surface area contributed by atoms with Crippen LogP contribution >= 0.6 is 11.6 Å². The van der Waals surface area contributed by atoms with Gasteiger partial charge in [0, 0.05) is 27.2 Å². The molecule has 5 aromatic rings. The molecule has 0 unspecified atom stereocenters. The monoisotopic (exact) mass is 524 g/mol. The predicted molar refractivity (Wildman–Crippen MR) is 148 cm³/mol. The van der Waals surface area contributed by atoms with Crippen molar-refractivity contribution in [1.29, 1.82) is 0 Å². The number of nitrogens with zero attached hydrogens (tertiary/aromatic N) is 2. The van der Waals surface area contributed by atoms with E-state index in [9.17, 15) is 9.59 Å². The number of rotatable bonds is 6. The minimum Gasteiger partial charge on any atom is -0.444 e. The van der Waals surface area contributed by atoms with Crippen LogP contribution in [0.5, 0.6) is 0 Å². The summed E-state index contributed by atoms with van der Waals surface area (Å²) in [5.41, 5.74) is 5.61. The molecule has 2 aromatic heterocycles. The second-order valence-corrected chi connectivity index (χ2v) is 9.50. The molecule has 0 atom stereocenters. The van der Waals surface area contributed by atoms with Gasteiger partial charge >= 0.3 is 0 Å². The van der Waals surface area contributed by atoms with Crippen LogP contribution in [0.1, 0.15) is 43.5 Å². The summed E-state index contributed by atoms with van der Waals surface area (Å²) in [7, 11) is 0. The number of pyridine rings is 1. The molecule has 0 bridgehead atoms. The highest BCUT2D eigenvalue weighted by Gasteiger charge is 2.17. The summed E-state index contributed by atoms with van der Waals surface area (Å²) >= 11 is 6.45. The molecule has 0 radical (unpaired) electrons. The van der Waals surface area contributed by atoms with Gasteiger partial charge in [0.15, 0.2) is 0 Å². The van der Waals surface area contributed by atoms with Gasteiger partial charge in [-0.1, -0.05) is 41.4 Å². The molecule has 0 aliphatic carbocycles. The van der Waals surface area contributed by atoms with Gasteiger partial charge in [-0.25, -0.2) is 9.97 Å². The second-order valence-electron chi connectivity index (χ2n) is 9.09. The van der Waals surface area contributed by atoms with Crippen molar-refractivity contribution in [3.05, 3.63) is 112 Å². The summed E-state index contributed by atoms with van der Waals surface area (Å²) in [6.07, 6.45) is 1.60. The third-order valence-electron chi connectivity index (χ3n) is 6.12. The van der Waals surface area contributed by atoms with E-state index in [1.807, 2.05) is 44.2 Å². The van der Waals surface area contributed by atoms with Gasteiger partial charge in [0.2, 0.25) is 5.89 Å². The first-order valence-electron chi connectivity index (χ1n) is 12.1. The summed E-state index contributed by atoms with van der Waals surface area (Å²) in [5.74, 6) is 0.563. The van der Waals surface area contributed by atoms with Crippen LogP contribution in [0.2, 0.25) is 5.02 Å². The number of fused-ring (bicyclic) bond motifs is 1. The highest BCUT2D eigenvalue weighted by molar-refractivity contribution is 6.33. The number of benzene rings is 3. The molecule has 0 aliphatic rings. The molecule has 0 saturated heterocycles. The van der Waals surface area contributed by atoms with Crippen LogP contribution in [0.3, 0.4) is 0 Å². The third kappa shape index (κ3) is 5.28. The summed E-state index contributed by atoms with van der Waals surface area (Å²) in [4.78, 5) is 35.0. The number of amides is 2. The van der Waals surface area contributed by atoms with Crippen molar-refractivity contribution < 1.29 is 14.0 Å². The van der Waals surface area contributed by atoms with E-state index >= 15 is 0 Å². The van der Waals surface area contributed by atoms with Gasteiger partial charge in [0.1, 0.15) is 5.76 Å². The molecule has 0 fully saturated rings. The summed E-state index contributed by atoms with van der Waals surface area (Å²) in [6.45, 7) is 5.95. The van der Waals surface area contributed by atoms with Crippen molar-refractivity contribution in [2.45, 2.75) is 27.3 Å². The highest BCUT2D eigenvalue weighted by atomic mass is 35.5. The van der Waals surface area contributed by atoms with Gasteiger partial charge in [-0.05, 0) is 68.8 Å². The number of aryl methyl sites for hydroxylation is 3. The number of oxazole rings is 1.